The molecule has 9 heteroatoms. The van der Waals surface area contributed by atoms with Gasteiger partial charge in [-0.3, -0.25) is 0 Å². The van der Waals surface area contributed by atoms with Crippen LogP contribution >= 0.6 is 11.3 Å². The van der Waals surface area contributed by atoms with E-state index in [0.717, 1.165) is 15.0 Å². The number of rotatable bonds is 6. The van der Waals surface area contributed by atoms with Crippen LogP contribution < -0.4 is 10.6 Å². The lowest BCUT2D eigenvalue weighted by Crippen LogP contribution is -2.35. The first kappa shape index (κ1) is 18.4. The van der Waals surface area contributed by atoms with Gasteiger partial charge in [-0.15, -0.1) is 11.3 Å². The average Bonchev–Trinajstić information content (AvgIpc) is 2.96. The molecule has 0 radical (unpaired) electrons. The Morgan fingerprint density at radius 1 is 1.21 bits per heavy atom. The predicted octanol–water partition coefficient (Wildman–Crippen LogP) is 1.70. The third-order valence-corrected chi connectivity index (χ3v) is 6.01. The van der Waals surface area contributed by atoms with E-state index in [4.69, 9.17) is 0 Å². The van der Waals surface area contributed by atoms with Crippen LogP contribution in [-0.2, 0) is 23.1 Å². The molecule has 0 saturated carbocycles. The molecule has 0 aliphatic heterocycles. The summed E-state index contributed by atoms with van der Waals surface area (Å²) in [6.07, 6.45) is 0. The number of nitrogens with zero attached hydrogens (tertiary/aromatic N) is 2. The van der Waals surface area contributed by atoms with Crippen molar-refractivity contribution in [3.8, 4) is 0 Å². The highest BCUT2D eigenvalue weighted by Crippen LogP contribution is 2.18. The summed E-state index contributed by atoms with van der Waals surface area (Å²) in [4.78, 5) is 16.3. The molecule has 1 heterocycles. The summed E-state index contributed by atoms with van der Waals surface area (Å²) in [5.41, 5.74) is 1.33. The Hall–Kier alpha value is -1.97. The van der Waals surface area contributed by atoms with Gasteiger partial charge in [0, 0.05) is 26.0 Å². The molecular weight excluding hydrogens is 348 g/mol. The molecule has 2 aromatic rings. The molecule has 0 bridgehead atoms. The van der Waals surface area contributed by atoms with Crippen molar-refractivity contribution in [1.29, 1.82) is 0 Å². The lowest BCUT2D eigenvalue weighted by Gasteiger charge is -2.15. The number of aromatic nitrogens is 1. The van der Waals surface area contributed by atoms with E-state index in [-0.39, 0.29) is 17.5 Å². The van der Waals surface area contributed by atoms with E-state index >= 15 is 0 Å². The minimum atomic E-state index is -3.55. The number of nitrogens with one attached hydrogen (secondary N) is 2. The molecule has 0 aliphatic carbocycles. The molecule has 7 nitrogen and oxygen atoms in total. The quantitative estimate of drug-likeness (QED) is 0.812. The lowest BCUT2D eigenvalue weighted by molar-refractivity contribution is 0.240. The highest BCUT2D eigenvalue weighted by molar-refractivity contribution is 7.89. The molecular formula is C15H20N4O3S2. The number of amides is 2. The van der Waals surface area contributed by atoms with Gasteiger partial charge in [0.25, 0.3) is 0 Å². The largest absolute Gasteiger partial charge is 0.334 e. The fourth-order valence-electron chi connectivity index (χ4n) is 2.00. The van der Waals surface area contributed by atoms with Crippen LogP contribution in [0.25, 0.3) is 0 Å². The minimum absolute atomic E-state index is 0.116. The standard InChI is InChI=1S/C15H20N4O3S2/c1-11-18-13(10-23-11)9-17-15(20)16-8-12-6-4-5-7-14(12)24(21,22)19(2)3/h4-7,10H,8-9H2,1-3H3,(H2,16,17,20). The van der Waals surface area contributed by atoms with Crippen LogP contribution in [0.2, 0.25) is 0 Å². The molecule has 0 aliphatic rings. The molecule has 2 N–H and O–H groups in total. The maximum absolute atomic E-state index is 12.3. The van der Waals surface area contributed by atoms with Gasteiger partial charge in [0.05, 0.1) is 22.1 Å². The van der Waals surface area contributed by atoms with Crippen LogP contribution in [0, 0.1) is 6.92 Å². The molecule has 130 valence electrons. The number of hydrogen-bond acceptors (Lipinski definition) is 5. The first-order valence-corrected chi connectivity index (χ1v) is 9.56. The Balaban J connectivity index is 1.98. The Kier molecular flexibility index (Phi) is 5.92. The van der Waals surface area contributed by atoms with Crippen LogP contribution in [0.5, 0.6) is 0 Å². The van der Waals surface area contributed by atoms with Crippen molar-refractivity contribution < 1.29 is 13.2 Å². The molecule has 2 amide bonds. The van der Waals surface area contributed by atoms with E-state index in [9.17, 15) is 13.2 Å². The SMILES string of the molecule is Cc1nc(CNC(=O)NCc2ccccc2S(=O)(=O)N(C)C)cs1. The van der Waals surface area contributed by atoms with Gasteiger partial charge >= 0.3 is 6.03 Å². The van der Waals surface area contributed by atoms with Gasteiger partial charge in [-0.25, -0.2) is 22.5 Å². The molecule has 1 aromatic heterocycles. The third kappa shape index (κ3) is 4.53. The van der Waals surface area contributed by atoms with Crippen LogP contribution in [0.4, 0.5) is 4.79 Å². The molecule has 0 spiro atoms. The van der Waals surface area contributed by atoms with Gasteiger partial charge in [-0.2, -0.15) is 0 Å². The zero-order chi connectivity index (χ0) is 17.7. The maximum atomic E-state index is 12.3. The highest BCUT2D eigenvalue weighted by Gasteiger charge is 2.20. The normalized spacial score (nSPS) is 11.5. The predicted molar refractivity (Wildman–Crippen MR) is 93.2 cm³/mol. The Morgan fingerprint density at radius 2 is 1.88 bits per heavy atom. The molecule has 1 aromatic carbocycles. The fourth-order valence-corrected chi connectivity index (χ4v) is 3.72. The fraction of sp³-hybridized carbons (Fsp3) is 0.333. The van der Waals surface area contributed by atoms with E-state index in [1.807, 2.05) is 12.3 Å². The zero-order valence-electron chi connectivity index (χ0n) is 13.7. The summed E-state index contributed by atoms with van der Waals surface area (Å²) in [6.45, 7) is 2.34. The van der Waals surface area contributed by atoms with Crippen LogP contribution in [0.1, 0.15) is 16.3 Å². The number of benzene rings is 1. The topological polar surface area (TPSA) is 91.4 Å². The summed E-state index contributed by atoms with van der Waals surface area (Å²) < 4.78 is 25.8. The van der Waals surface area contributed by atoms with Crippen molar-refractivity contribution in [1.82, 2.24) is 19.9 Å². The first-order valence-electron chi connectivity index (χ1n) is 7.24. The number of hydrogen-bond donors (Lipinski definition) is 2. The summed E-state index contributed by atoms with van der Waals surface area (Å²) in [7, 11) is -0.606. The van der Waals surface area contributed by atoms with Crippen molar-refractivity contribution in [2.45, 2.75) is 24.9 Å². The second kappa shape index (κ2) is 7.73. The van der Waals surface area contributed by atoms with Crippen molar-refractivity contribution in [3.63, 3.8) is 0 Å². The average molecular weight is 368 g/mol. The van der Waals surface area contributed by atoms with Crippen molar-refractivity contribution in [3.05, 3.63) is 45.9 Å². The number of urea groups is 1. The summed E-state index contributed by atoms with van der Waals surface area (Å²) in [5.74, 6) is 0. The van der Waals surface area contributed by atoms with Gasteiger partial charge in [-0.05, 0) is 18.6 Å². The molecule has 0 saturated heterocycles. The summed E-state index contributed by atoms with van der Waals surface area (Å²) in [5, 5.41) is 8.19. The maximum Gasteiger partial charge on any atom is 0.315 e. The van der Waals surface area contributed by atoms with E-state index in [1.165, 1.54) is 31.5 Å². The minimum Gasteiger partial charge on any atom is -0.334 e. The Labute approximate surface area is 145 Å². The van der Waals surface area contributed by atoms with E-state index in [1.54, 1.807) is 18.2 Å². The number of carbonyl (C=O) groups excluding carboxylic acids is 1. The summed E-state index contributed by atoms with van der Waals surface area (Å²) in [6, 6.07) is 6.23. The number of carbonyl (C=O) groups is 1. The number of sulfonamides is 1. The van der Waals surface area contributed by atoms with Crippen molar-refractivity contribution >= 4 is 27.4 Å². The van der Waals surface area contributed by atoms with E-state index < -0.39 is 10.0 Å². The van der Waals surface area contributed by atoms with Gasteiger partial charge in [0.2, 0.25) is 10.0 Å². The van der Waals surface area contributed by atoms with Gasteiger partial charge in [-0.1, -0.05) is 18.2 Å². The molecule has 24 heavy (non-hydrogen) atoms. The van der Waals surface area contributed by atoms with Crippen LogP contribution in [0.3, 0.4) is 0 Å². The third-order valence-electron chi connectivity index (χ3n) is 3.27. The van der Waals surface area contributed by atoms with Crippen molar-refractivity contribution in [2.75, 3.05) is 14.1 Å². The summed E-state index contributed by atoms with van der Waals surface area (Å²) >= 11 is 1.52. The Bertz CT molecular complexity index is 816. The number of thiazole rings is 1. The monoisotopic (exact) mass is 368 g/mol. The smallest absolute Gasteiger partial charge is 0.315 e. The first-order chi connectivity index (χ1) is 11.3. The van der Waals surface area contributed by atoms with Gasteiger partial charge in [0.1, 0.15) is 0 Å². The molecule has 2 rings (SSSR count). The van der Waals surface area contributed by atoms with E-state index in [0.29, 0.717) is 12.1 Å². The van der Waals surface area contributed by atoms with Crippen molar-refractivity contribution in [2.24, 2.45) is 0 Å². The van der Waals surface area contributed by atoms with Crippen LogP contribution in [0.15, 0.2) is 34.5 Å². The second-order valence-corrected chi connectivity index (χ2v) is 8.47. The molecule has 0 fully saturated rings. The lowest BCUT2D eigenvalue weighted by atomic mass is 10.2. The molecule has 0 atom stereocenters. The molecule has 0 unspecified atom stereocenters. The zero-order valence-corrected chi connectivity index (χ0v) is 15.4. The highest BCUT2D eigenvalue weighted by atomic mass is 32.2. The van der Waals surface area contributed by atoms with Crippen LogP contribution in [-0.4, -0.2) is 37.8 Å². The van der Waals surface area contributed by atoms with E-state index in [2.05, 4.69) is 15.6 Å². The van der Waals surface area contributed by atoms with Gasteiger partial charge < -0.3 is 10.6 Å². The Morgan fingerprint density at radius 3 is 2.50 bits per heavy atom. The second-order valence-electron chi connectivity index (χ2n) is 5.29. The number of aryl methyl sites for hydroxylation is 1. The van der Waals surface area contributed by atoms with Gasteiger partial charge in [0.15, 0.2) is 0 Å².